The summed E-state index contributed by atoms with van der Waals surface area (Å²) >= 11 is 0. The van der Waals surface area contributed by atoms with E-state index in [0.717, 1.165) is 53.9 Å². The molecule has 0 aliphatic carbocycles. The standard InChI is InChI=1S/C23H29N5O/c1-15-5-6-18(13-16(15)2)14-25-23(29)19-8-11-28(12-9-19)22-21-20(7-10-24-22)17(3)26-27(21)4/h5-7,10,13,19H,8-9,11-12,14H2,1-4H3,(H,25,29). The van der Waals surface area contributed by atoms with Crippen molar-refractivity contribution in [2.75, 3.05) is 18.0 Å². The molecule has 1 fully saturated rings. The quantitative estimate of drug-likeness (QED) is 0.740. The molecule has 2 aromatic heterocycles. The minimum atomic E-state index is 0.0604. The first kappa shape index (κ1) is 19.4. The van der Waals surface area contributed by atoms with Crippen molar-refractivity contribution in [3.05, 3.63) is 52.8 Å². The van der Waals surface area contributed by atoms with Gasteiger partial charge in [-0.15, -0.1) is 0 Å². The number of anilines is 1. The normalized spacial score (nSPS) is 15.1. The number of carbonyl (C=O) groups is 1. The molecule has 1 amide bonds. The molecule has 1 N–H and O–H groups in total. The van der Waals surface area contributed by atoms with Crippen molar-refractivity contribution in [1.82, 2.24) is 20.1 Å². The third kappa shape index (κ3) is 3.84. The zero-order valence-corrected chi connectivity index (χ0v) is 17.7. The molecule has 0 saturated carbocycles. The molecule has 0 radical (unpaired) electrons. The van der Waals surface area contributed by atoms with Crippen LogP contribution in [-0.4, -0.2) is 33.8 Å². The molecule has 0 atom stereocenters. The number of amides is 1. The maximum atomic E-state index is 12.7. The van der Waals surface area contributed by atoms with Gasteiger partial charge in [0.25, 0.3) is 0 Å². The van der Waals surface area contributed by atoms with E-state index in [2.05, 4.69) is 52.3 Å². The van der Waals surface area contributed by atoms with Crippen LogP contribution in [0.25, 0.3) is 10.9 Å². The zero-order chi connectivity index (χ0) is 20.5. The summed E-state index contributed by atoms with van der Waals surface area (Å²) in [4.78, 5) is 19.6. The molecule has 6 heteroatoms. The van der Waals surface area contributed by atoms with Crippen LogP contribution in [0, 0.1) is 26.7 Å². The second-order valence-electron chi connectivity index (χ2n) is 8.14. The fraction of sp³-hybridized carbons (Fsp3) is 0.435. The molecule has 0 spiro atoms. The molecule has 3 aromatic rings. The van der Waals surface area contributed by atoms with Crippen LogP contribution in [0.5, 0.6) is 0 Å². The summed E-state index contributed by atoms with van der Waals surface area (Å²) in [6.07, 6.45) is 3.54. The van der Waals surface area contributed by atoms with E-state index >= 15 is 0 Å². The minimum Gasteiger partial charge on any atom is -0.355 e. The molecule has 1 aliphatic rings. The van der Waals surface area contributed by atoms with E-state index in [-0.39, 0.29) is 11.8 Å². The van der Waals surface area contributed by atoms with Crippen molar-refractivity contribution in [2.24, 2.45) is 13.0 Å². The summed E-state index contributed by atoms with van der Waals surface area (Å²) in [6.45, 7) is 8.49. The van der Waals surface area contributed by atoms with Gasteiger partial charge in [0.05, 0.1) is 5.69 Å². The van der Waals surface area contributed by atoms with Crippen LogP contribution in [0.1, 0.15) is 35.2 Å². The number of fused-ring (bicyclic) bond motifs is 1. The number of rotatable bonds is 4. The Morgan fingerprint density at radius 1 is 1.14 bits per heavy atom. The van der Waals surface area contributed by atoms with Gasteiger partial charge < -0.3 is 10.2 Å². The van der Waals surface area contributed by atoms with Crippen molar-refractivity contribution in [3.63, 3.8) is 0 Å². The smallest absolute Gasteiger partial charge is 0.223 e. The summed E-state index contributed by atoms with van der Waals surface area (Å²) in [7, 11) is 1.97. The molecule has 29 heavy (non-hydrogen) atoms. The van der Waals surface area contributed by atoms with E-state index in [9.17, 15) is 4.79 Å². The summed E-state index contributed by atoms with van der Waals surface area (Å²) in [6, 6.07) is 8.38. The van der Waals surface area contributed by atoms with Gasteiger partial charge in [0, 0.05) is 44.2 Å². The van der Waals surface area contributed by atoms with Gasteiger partial charge in [0.1, 0.15) is 5.52 Å². The van der Waals surface area contributed by atoms with Gasteiger partial charge >= 0.3 is 0 Å². The van der Waals surface area contributed by atoms with Gasteiger partial charge in [-0.2, -0.15) is 5.10 Å². The number of hydrogen-bond acceptors (Lipinski definition) is 4. The monoisotopic (exact) mass is 391 g/mol. The highest BCUT2D eigenvalue weighted by atomic mass is 16.1. The largest absolute Gasteiger partial charge is 0.355 e. The third-order valence-electron chi connectivity index (χ3n) is 6.12. The number of piperidine rings is 1. The molecule has 1 aromatic carbocycles. The number of carbonyl (C=O) groups excluding carboxylic acids is 1. The number of nitrogens with one attached hydrogen (secondary N) is 1. The predicted octanol–water partition coefficient (Wildman–Crippen LogP) is 3.43. The van der Waals surface area contributed by atoms with E-state index < -0.39 is 0 Å². The summed E-state index contributed by atoms with van der Waals surface area (Å²) in [5.74, 6) is 1.19. The van der Waals surface area contributed by atoms with Crippen molar-refractivity contribution >= 4 is 22.6 Å². The topological polar surface area (TPSA) is 63.1 Å². The Hall–Kier alpha value is -2.89. The number of aryl methyl sites for hydroxylation is 4. The highest BCUT2D eigenvalue weighted by Gasteiger charge is 2.27. The van der Waals surface area contributed by atoms with Crippen LogP contribution in [-0.2, 0) is 18.4 Å². The molecule has 6 nitrogen and oxygen atoms in total. The zero-order valence-electron chi connectivity index (χ0n) is 17.7. The van der Waals surface area contributed by atoms with Gasteiger partial charge in [-0.05, 0) is 56.4 Å². The highest BCUT2D eigenvalue weighted by molar-refractivity contribution is 5.91. The first-order valence-electron chi connectivity index (χ1n) is 10.3. The average Bonchev–Trinajstić information content (AvgIpc) is 3.03. The number of benzene rings is 1. The van der Waals surface area contributed by atoms with Gasteiger partial charge in [-0.3, -0.25) is 9.48 Å². The molecule has 0 unspecified atom stereocenters. The van der Waals surface area contributed by atoms with Crippen molar-refractivity contribution in [2.45, 2.75) is 40.2 Å². The van der Waals surface area contributed by atoms with E-state index in [4.69, 9.17) is 0 Å². The van der Waals surface area contributed by atoms with Crippen LogP contribution in [0.2, 0.25) is 0 Å². The Labute approximate surface area is 171 Å². The first-order chi connectivity index (χ1) is 13.9. The SMILES string of the molecule is Cc1ccc(CNC(=O)C2CCN(c3nccc4c(C)nn(C)c34)CC2)cc1C. The van der Waals surface area contributed by atoms with Crippen LogP contribution in [0.15, 0.2) is 30.5 Å². The van der Waals surface area contributed by atoms with Gasteiger partial charge in [-0.25, -0.2) is 4.98 Å². The summed E-state index contributed by atoms with van der Waals surface area (Å²) in [5, 5.41) is 8.81. The fourth-order valence-electron chi connectivity index (χ4n) is 4.21. The van der Waals surface area contributed by atoms with Gasteiger partial charge in [-0.1, -0.05) is 18.2 Å². The van der Waals surface area contributed by atoms with Gasteiger partial charge in [0.15, 0.2) is 5.82 Å². The third-order valence-corrected chi connectivity index (χ3v) is 6.12. The maximum absolute atomic E-state index is 12.7. The molecular formula is C23H29N5O. The molecule has 0 bridgehead atoms. The van der Waals surface area contributed by atoms with Crippen LogP contribution in [0.3, 0.4) is 0 Å². The van der Waals surface area contributed by atoms with Gasteiger partial charge in [0.2, 0.25) is 5.91 Å². The number of pyridine rings is 1. The Morgan fingerprint density at radius 2 is 1.90 bits per heavy atom. The second kappa shape index (κ2) is 7.85. The molecule has 1 aliphatic heterocycles. The average molecular weight is 392 g/mol. The Bertz CT molecular complexity index is 1050. The first-order valence-corrected chi connectivity index (χ1v) is 10.3. The molecule has 4 rings (SSSR count). The van der Waals surface area contributed by atoms with Crippen LogP contribution < -0.4 is 10.2 Å². The van der Waals surface area contributed by atoms with Crippen LogP contribution >= 0.6 is 0 Å². The number of hydrogen-bond donors (Lipinski definition) is 1. The van der Waals surface area contributed by atoms with E-state index in [1.165, 1.54) is 11.1 Å². The second-order valence-corrected chi connectivity index (χ2v) is 8.14. The maximum Gasteiger partial charge on any atom is 0.223 e. The Morgan fingerprint density at radius 3 is 2.62 bits per heavy atom. The lowest BCUT2D eigenvalue weighted by Gasteiger charge is -2.32. The molecule has 152 valence electrons. The fourth-order valence-corrected chi connectivity index (χ4v) is 4.21. The Kier molecular flexibility index (Phi) is 5.26. The van der Waals surface area contributed by atoms with Crippen molar-refractivity contribution in [1.29, 1.82) is 0 Å². The van der Waals surface area contributed by atoms with E-state index in [1.54, 1.807) is 0 Å². The molecule has 1 saturated heterocycles. The van der Waals surface area contributed by atoms with Crippen LogP contribution in [0.4, 0.5) is 5.82 Å². The Balaban J connectivity index is 1.38. The minimum absolute atomic E-state index is 0.0604. The lowest BCUT2D eigenvalue weighted by atomic mass is 9.95. The molecular weight excluding hydrogens is 362 g/mol. The number of nitrogens with zero attached hydrogens (tertiary/aromatic N) is 4. The van der Waals surface area contributed by atoms with E-state index in [1.807, 2.05) is 30.9 Å². The lowest BCUT2D eigenvalue weighted by Crippen LogP contribution is -2.40. The van der Waals surface area contributed by atoms with Crippen molar-refractivity contribution < 1.29 is 4.79 Å². The number of aromatic nitrogens is 3. The van der Waals surface area contributed by atoms with Crippen molar-refractivity contribution in [3.8, 4) is 0 Å². The van der Waals surface area contributed by atoms with E-state index in [0.29, 0.717) is 6.54 Å². The highest BCUT2D eigenvalue weighted by Crippen LogP contribution is 2.29. The summed E-state index contributed by atoms with van der Waals surface area (Å²) in [5.41, 5.74) is 5.78. The lowest BCUT2D eigenvalue weighted by molar-refractivity contribution is -0.125. The molecule has 3 heterocycles. The summed E-state index contributed by atoms with van der Waals surface area (Å²) < 4.78 is 1.91. The predicted molar refractivity (Wildman–Crippen MR) is 116 cm³/mol.